The van der Waals surface area contributed by atoms with Gasteiger partial charge in [-0.1, -0.05) is 59.8 Å². The van der Waals surface area contributed by atoms with E-state index >= 15 is 0 Å². The second-order valence-corrected chi connectivity index (χ2v) is 10.9. The first kappa shape index (κ1) is 30.9. The second kappa shape index (κ2) is 15.8. The molecule has 196 valence electrons. The maximum Gasteiger partial charge on any atom is 0.0356 e. The van der Waals surface area contributed by atoms with Crippen LogP contribution in [0, 0.1) is 0 Å². The Hall–Kier alpha value is -0.290. The van der Waals surface area contributed by atoms with Gasteiger partial charge in [-0.05, 0) is 97.8 Å². The van der Waals surface area contributed by atoms with Gasteiger partial charge >= 0.3 is 0 Å². The fourth-order valence-corrected chi connectivity index (χ4v) is 6.77. The van der Waals surface area contributed by atoms with E-state index in [0.29, 0.717) is 12.1 Å². The van der Waals surface area contributed by atoms with Crippen LogP contribution in [0.4, 0.5) is 0 Å². The van der Waals surface area contributed by atoms with Gasteiger partial charge < -0.3 is 5.32 Å². The molecule has 2 heterocycles. The first-order valence-corrected chi connectivity index (χ1v) is 14.8. The summed E-state index contributed by atoms with van der Waals surface area (Å²) in [5.41, 5.74) is 9.66. The van der Waals surface area contributed by atoms with Crippen LogP contribution in [-0.4, -0.2) is 41.6 Å². The molecule has 0 saturated heterocycles. The number of hydrogen-bond donors (Lipinski definition) is 1. The van der Waals surface area contributed by atoms with Crippen LogP contribution in [0.15, 0.2) is 36.4 Å². The zero-order valence-corrected chi connectivity index (χ0v) is 23.9. The van der Waals surface area contributed by atoms with Crippen LogP contribution < -0.4 is 5.32 Å². The number of alkyl halides is 3. The minimum atomic E-state index is 0. The van der Waals surface area contributed by atoms with E-state index in [-0.39, 0.29) is 19.8 Å². The van der Waals surface area contributed by atoms with Gasteiger partial charge in [0, 0.05) is 35.7 Å². The molecular formula is C29H42BrCl3N2. The highest BCUT2D eigenvalue weighted by Crippen LogP contribution is 2.41. The Balaban J connectivity index is 0.000000203. The molecule has 6 heteroatoms. The average Bonchev–Trinajstić information content (AvgIpc) is 3.48. The Labute approximate surface area is 238 Å². The van der Waals surface area contributed by atoms with Crippen molar-refractivity contribution in [2.75, 3.05) is 36.7 Å². The van der Waals surface area contributed by atoms with Gasteiger partial charge in [0.05, 0.1) is 0 Å². The zero-order chi connectivity index (χ0) is 23.0. The fourth-order valence-electron chi connectivity index (χ4n) is 5.91. The highest BCUT2D eigenvalue weighted by atomic mass is 79.9. The van der Waals surface area contributed by atoms with Crippen molar-refractivity contribution in [1.82, 2.24) is 10.2 Å². The molecule has 2 aliphatic carbocycles. The molecule has 1 N–H and O–H groups in total. The van der Waals surface area contributed by atoms with Gasteiger partial charge in [-0.25, -0.2) is 0 Å². The van der Waals surface area contributed by atoms with Crippen molar-refractivity contribution in [1.29, 1.82) is 0 Å². The molecular weight excluding hydrogens is 563 g/mol. The third kappa shape index (κ3) is 7.62. The highest BCUT2D eigenvalue weighted by Gasteiger charge is 2.32. The van der Waals surface area contributed by atoms with Gasteiger partial charge in [-0.3, -0.25) is 4.90 Å². The summed E-state index contributed by atoms with van der Waals surface area (Å²) in [4.78, 5) is 2.64. The quantitative estimate of drug-likeness (QED) is 0.348. The van der Waals surface area contributed by atoms with Crippen LogP contribution >= 0.6 is 51.5 Å². The third-order valence-electron chi connectivity index (χ3n) is 7.39. The van der Waals surface area contributed by atoms with E-state index < -0.39 is 0 Å². The first-order chi connectivity index (χ1) is 16.3. The highest BCUT2D eigenvalue weighted by molar-refractivity contribution is 9.09. The molecule has 2 aliphatic heterocycles. The Bertz CT molecular complexity index is 905. The molecule has 2 aromatic carbocycles. The molecule has 0 saturated carbocycles. The molecule has 2 atom stereocenters. The molecule has 0 radical (unpaired) electrons. The molecule has 0 spiro atoms. The predicted molar refractivity (Wildman–Crippen MR) is 160 cm³/mol. The van der Waals surface area contributed by atoms with Gasteiger partial charge in [0.25, 0.3) is 0 Å². The van der Waals surface area contributed by atoms with Crippen LogP contribution in [0.3, 0.4) is 0 Å². The van der Waals surface area contributed by atoms with E-state index in [2.05, 4.69) is 62.5 Å². The number of hydrogen-bond acceptors (Lipinski definition) is 2. The van der Waals surface area contributed by atoms with E-state index in [0.717, 1.165) is 29.9 Å². The molecule has 35 heavy (non-hydrogen) atoms. The summed E-state index contributed by atoms with van der Waals surface area (Å²) >= 11 is 14.3. The monoisotopic (exact) mass is 602 g/mol. The van der Waals surface area contributed by atoms with E-state index in [1.165, 1.54) is 58.2 Å². The molecule has 6 rings (SSSR count). The summed E-state index contributed by atoms with van der Waals surface area (Å²) in [6.07, 6.45) is 9.81. The minimum absolute atomic E-state index is 0. The molecule has 0 amide bonds. The number of benzene rings is 2. The summed E-state index contributed by atoms with van der Waals surface area (Å²) in [6.45, 7) is 3.56. The summed E-state index contributed by atoms with van der Waals surface area (Å²) in [5, 5.41) is 4.60. The number of rotatable bonds is 5. The van der Waals surface area contributed by atoms with Gasteiger partial charge in [0.2, 0.25) is 0 Å². The van der Waals surface area contributed by atoms with Crippen LogP contribution in [0.2, 0.25) is 0 Å². The summed E-state index contributed by atoms with van der Waals surface area (Å²) in [5.74, 6) is 1.56. The van der Waals surface area contributed by atoms with E-state index in [1.807, 2.05) is 0 Å². The molecule has 0 bridgehead atoms. The average molecular weight is 605 g/mol. The van der Waals surface area contributed by atoms with E-state index in [1.54, 1.807) is 33.4 Å². The maximum absolute atomic E-state index is 5.80. The zero-order valence-electron chi connectivity index (χ0n) is 20.0. The van der Waals surface area contributed by atoms with Crippen molar-refractivity contribution in [2.45, 2.75) is 70.9 Å². The lowest BCUT2D eigenvalue weighted by atomic mass is 9.93. The maximum atomic E-state index is 5.80. The predicted octanol–water partition coefficient (Wildman–Crippen LogP) is 8.05. The lowest BCUT2D eigenvalue weighted by molar-refractivity contribution is 0.186. The van der Waals surface area contributed by atoms with Crippen molar-refractivity contribution >= 4 is 51.5 Å². The van der Waals surface area contributed by atoms with Gasteiger partial charge in [0.1, 0.15) is 0 Å². The van der Waals surface area contributed by atoms with Gasteiger partial charge in [-0.2, -0.15) is 0 Å². The second-order valence-electron chi connectivity index (χ2n) is 9.39. The topological polar surface area (TPSA) is 15.3 Å². The number of nitrogens with zero attached hydrogens (tertiary/aromatic N) is 1. The number of nitrogens with one attached hydrogen (secondary N) is 1. The lowest BCUT2D eigenvalue weighted by Crippen LogP contribution is -2.35. The molecule has 2 aromatic rings. The Morgan fingerprint density at radius 2 is 1.43 bits per heavy atom. The van der Waals surface area contributed by atoms with Gasteiger partial charge in [-0.15, -0.1) is 35.6 Å². The molecule has 2 unspecified atom stereocenters. The smallest absolute Gasteiger partial charge is 0.0356 e. The molecule has 0 aromatic heterocycles. The fraction of sp³-hybridized carbons (Fsp3) is 0.586. The first-order valence-electron chi connectivity index (χ1n) is 12.6. The van der Waals surface area contributed by atoms with E-state index in [9.17, 15) is 0 Å². The van der Waals surface area contributed by atoms with Gasteiger partial charge in [0.15, 0.2) is 0 Å². The number of halogens is 4. The molecule has 2 nitrogen and oxygen atoms in total. The normalized spacial score (nSPS) is 20.7. The Morgan fingerprint density at radius 3 is 2.06 bits per heavy atom. The van der Waals surface area contributed by atoms with Crippen LogP contribution in [0.25, 0.3) is 0 Å². The summed E-state index contributed by atoms with van der Waals surface area (Å²) < 4.78 is 0. The van der Waals surface area contributed by atoms with Crippen LogP contribution in [0.5, 0.6) is 0 Å². The lowest BCUT2D eigenvalue weighted by Gasteiger charge is -2.35. The largest absolute Gasteiger partial charge is 0.310 e. The van der Waals surface area contributed by atoms with Crippen molar-refractivity contribution in [3.63, 3.8) is 0 Å². The van der Waals surface area contributed by atoms with Crippen LogP contribution in [-0.2, 0) is 25.7 Å². The Morgan fingerprint density at radius 1 is 0.829 bits per heavy atom. The van der Waals surface area contributed by atoms with Crippen LogP contribution in [0.1, 0.15) is 78.6 Å². The standard InChI is InChI=1S/C14H18ClN.C11H13N.C3H6BrCl.CH4.ClH/c15-8-2-9-16-10-7-12-4-1-3-11-5-6-13(16)14(11)12;1-2-8-4-5-10-11(8)9(3-1)6-7-12-10;4-2-1-3-5;;/h1,3-4,13H,2,5-10H2;1-3,10,12H,4-7H2;1-3H2;1H4;1H. The molecule has 4 aliphatic rings. The SMILES string of the molecule is C.Cl.ClCCCBr.ClCCCN1CCc2cccc3c2C1CC3.c1cc2c3c(c1)CCC3NCC2. The Kier molecular flexibility index (Phi) is 14.0. The van der Waals surface area contributed by atoms with Crippen molar-refractivity contribution < 1.29 is 0 Å². The van der Waals surface area contributed by atoms with Crippen molar-refractivity contribution in [2.24, 2.45) is 0 Å². The minimum Gasteiger partial charge on any atom is -0.310 e. The summed E-state index contributed by atoms with van der Waals surface area (Å²) in [6, 6.07) is 15.0. The summed E-state index contributed by atoms with van der Waals surface area (Å²) in [7, 11) is 0. The third-order valence-corrected chi connectivity index (χ3v) is 8.48. The van der Waals surface area contributed by atoms with Crippen molar-refractivity contribution in [3.05, 3.63) is 69.8 Å². The van der Waals surface area contributed by atoms with E-state index in [4.69, 9.17) is 23.2 Å². The molecule has 0 fully saturated rings. The van der Waals surface area contributed by atoms with Crippen molar-refractivity contribution in [3.8, 4) is 0 Å². The number of aryl methyl sites for hydroxylation is 2.